The van der Waals surface area contributed by atoms with Crippen molar-refractivity contribution in [3.05, 3.63) is 65.2 Å². The molecule has 0 aliphatic carbocycles. The quantitative estimate of drug-likeness (QED) is 0.714. The molecule has 2 aromatic carbocycles. The first-order valence-electron chi connectivity index (χ1n) is 8.77. The molecule has 0 bridgehead atoms. The van der Waals surface area contributed by atoms with Gasteiger partial charge in [-0.05, 0) is 36.6 Å². The van der Waals surface area contributed by atoms with E-state index in [9.17, 15) is 13.2 Å². The number of hydrogen-bond acceptors (Lipinski definition) is 4. The van der Waals surface area contributed by atoms with Crippen LogP contribution in [0.4, 0.5) is 5.69 Å². The summed E-state index contributed by atoms with van der Waals surface area (Å²) in [4.78, 5) is 12.3. The van der Waals surface area contributed by atoms with E-state index in [4.69, 9.17) is 4.74 Å². The van der Waals surface area contributed by atoms with E-state index in [1.165, 1.54) is 0 Å². The fraction of sp³-hybridized carbons (Fsp3) is 0.350. The number of aryl methyl sites for hydroxylation is 1. The van der Waals surface area contributed by atoms with Gasteiger partial charge in [0.2, 0.25) is 15.9 Å². The molecule has 0 aliphatic rings. The third kappa shape index (κ3) is 6.37. The fourth-order valence-corrected chi connectivity index (χ4v) is 3.50. The van der Waals surface area contributed by atoms with Gasteiger partial charge in [-0.15, -0.1) is 0 Å². The Morgan fingerprint density at radius 1 is 1.07 bits per heavy atom. The molecule has 0 aliphatic heterocycles. The predicted octanol–water partition coefficient (Wildman–Crippen LogP) is 2.61. The number of anilines is 1. The molecule has 0 aromatic heterocycles. The van der Waals surface area contributed by atoms with E-state index >= 15 is 0 Å². The van der Waals surface area contributed by atoms with Gasteiger partial charge in [-0.2, -0.15) is 0 Å². The summed E-state index contributed by atoms with van der Waals surface area (Å²) in [5, 5.41) is 2.78. The van der Waals surface area contributed by atoms with Gasteiger partial charge in [0.15, 0.2) is 0 Å². The summed E-state index contributed by atoms with van der Waals surface area (Å²) in [6, 6.07) is 14.8. The van der Waals surface area contributed by atoms with Crippen molar-refractivity contribution < 1.29 is 17.9 Å². The van der Waals surface area contributed by atoms with Gasteiger partial charge < -0.3 is 10.1 Å². The van der Waals surface area contributed by atoms with E-state index in [-0.39, 0.29) is 12.5 Å². The van der Waals surface area contributed by atoms with Crippen LogP contribution in [-0.2, 0) is 32.7 Å². The van der Waals surface area contributed by atoms with E-state index in [1.807, 2.05) is 50.2 Å². The largest absolute Gasteiger partial charge is 0.377 e. The summed E-state index contributed by atoms with van der Waals surface area (Å²) in [6.45, 7) is 5.06. The number of para-hydroxylation sites is 1. The molecular weight excluding hydrogens is 364 g/mol. The summed E-state index contributed by atoms with van der Waals surface area (Å²) in [6.07, 6.45) is 1.10. The van der Waals surface area contributed by atoms with Crippen LogP contribution in [0.2, 0.25) is 0 Å². The molecule has 27 heavy (non-hydrogen) atoms. The highest BCUT2D eigenvalue weighted by atomic mass is 32.2. The van der Waals surface area contributed by atoms with Gasteiger partial charge in [0, 0.05) is 13.2 Å². The summed E-state index contributed by atoms with van der Waals surface area (Å²) in [5.41, 5.74) is 3.30. The first-order chi connectivity index (χ1) is 12.8. The second kappa shape index (κ2) is 9.53. The zero-order chi connectivity index (χ0) is 19.9. The van der Waals surface area contributed by atoms with Crippen LogP contribution in [0.15, 0.2) is 48.5 Å². The summed E-state index contributed by atoms with van der Waals surface area (Å²) < 4.78 is 30.8. The minimum absolute atomic E-state index is 0.258. The molecule has 1 amide bonds. The Labute approximate surface area is 161 Å². The molecule has 0 unspecified atom stereocenters. The number of carbonyl (C=O) groups is 1. The smallest absolute Gasteiger partial charge is 0.241 e. The Bertz CT molecular complexity index is 864. The third-order valence-electron chi connectivity index (χ3n) is 4.06. The van der Waals surface area contributed by atoms with Gasteiger partial charge in [0.05, 0.1) is 18.6 Å². The van der Waals surface area contributed by atoms with E-state index in [2.05, 4.69) is 5.32 Å². The highest BCUT2D eigenvalue weighted by Gasteiger charge is 2.21. The number of hydrogen-bond donors (Lipinski definition) is 1. The van der Waals surface area contributed by atoms with Crippen LogP contribution < -0.4 is 9.62 Å². The van der Waals surface area contributed by atoms with Crippen LogP contribution in [0.5, 0.6) is 0 Å². The van der Waals surface area contributed by atoms with E-state index in [1.54, 1.807) is 12.1 Å². The van der Waals surface area contributed by atoms with Crippen molar-refractivity contribution in [3.8, 4) is 0 Å². The number of ether oxygens (including phenoxy) is 1. The van der Waals surface area contributed by atoms with Gasteiger partial charge in [0.25, 0.3) is 0 Å². The summed E-state index contributed by atoms with van der Waals surface area (Å²) >= 11 is 0. The maximum absolute atomic E-state index is 12.3. The Morgan fingerprint density at radius 3 is 2.30 bits per heavy atom. The molecule has 146 valence electrons. The number of nitrogens with zero attached hydrogens (tertiary/aromatic N) is 1. The van der Waals surface area contributed by atoms with Crippen molar-refractivity contribution in [2.45, 2.75) is 27.0 Å². The Morgan fingerprint density at radius 2 is 1.70 bits per heavy atom. The van der Waals surface area contributed by atoms with Crippen LogP contribution in [0.1, 0.15) is 23.6 Å². The molecule has 0 atom stereocenters. The monoisotopic (exact) mass is 390 g/mol. The lowest BCUT2D eigenvalue weighted by Gasteiger charge is -2.23. The number of benzene rings is 2. The van der Waals surface area contributed by atoms with Crippen LogP contribution >= 0.6 is 0 Å². The average molecular weight is 391 g/mol. The van der Waals surface area contributed by atoms with Gasteiger partial charge >= 0.3 is 0 Å². The van der Waals surface area contributed by atoms with E-state index in [0.29, 0.717) is 25.4 Å². The highest BCUT2D eigenvalue weighted by molar-refractivity contribution is 7.92. The van der Waals surface area contributed by atoms with Crippen LogP contribution in [0, 0.1) is 6.92 Å². The summed E-state index contributed by atoms with van der Waals surface area (Å²) in [5.74, 6) is -0.359. The summed E-state index contributed by atoms with van der Waals surface area (Å²) in [7, 11) is -3.57. The average Bonchev–Trinajstić information content (AvgIpc) is 2.63. The molecular formula is C20H26N2O4S. The lowest BCUT2D eigenvalue weighted by molar-refractivity contribution is -0.119. The van der Waals surface area contributed by atoms with Crippen LogP contribution in [0.3, 0.4) is 0 Å². The number of carbonyl (C=O) groups excluding carboxylic acids is 1. The number of sulfonamides is 1. The second-order valence-corrected chi connectivity index (χ2v) is 8.19. The molecule has 1 N–H and O–H groups in total. The maximum atomic E-state index is 12.3. The minimum atomic E-state index is -3.57. The molecule has 0 radical (unpaired) electrons. The first kappa shape index (κ1) is 20.9. The van der Waals surface area contributed by atoms with Gasteiger partial charge in [0.1, 0.15) is 6.54 Å². The lowest BCUT2D eigenvalue weighted by Crippen LogP contribution is -2.40. The molecule has 0 heterocycles. The Balaban J connectivity index is 1.99. The minimum Gasteiger partial charge on any atom is -0.377 e. The first-order valence-corrected chi connectivity index (χ1v) is 10.6. The molecule has 0 spiro atoms. The van der Waals surface area contributed by atoms with Crippen LogP contribution in [-0.4, -0.2) is 33.7 Å². The van der Waals surface area contributed by atoms with Crippen molar-refractivity contribution in [1.82, 2.24) is 5.32 Å². The third-order valence-corrected chi connectivity index (χ3v) is 5.18. The second-order valence-electron chi connectivity index (χ2n) is 6.29. The van der Waals surface area contributed by atoms with Crippen molar-refractivity contribution in [2.75, 3.05) is 23.7 Å². The Hall–Kier alpha value is -2.38. The molecule has 0 saturated heterocycles. The standard InChI is InChI=1S/C20H26N2O4S/c1-4-26-15-18-11-9-17(10-12-18)13-21-20(23)14-22(27(3,24)25)19-8-6-5-7-16(19)2/h5-12H,4,13-15H2,1-3H3,(H,21,23). The van der Waals surface area contributed by atoms with Gasteiger partial charge in [-0.3, -0.25) is 9.10 Å². The zero-order valence-corrected chi connectivity index (χ0v) is 16.8. The maximum Gasteiger partial charge on any atom is 0.241 e. The molecule has 0 fully saturated rings. The van der Waals surface area contributed by atoms with E-state index in [0.717, 1.165) is 27.3 Å². The predicted molar refractivity (Wildman–Crippen MR) is 107 cm³/mol. The molecule has 6 nitrogen and oxygen atoms in total. The molecule has 0 saturated carbocycles. The van der Waals surface area contributed by atoms with Crippen molar-refractivity contribution >= 4 is 21.6 Å². The topological polar surface area (TPSA) is 75.7 Å². The van der Waals surface area contributed by atoms with Crippen molar-refractivity contribution in [2.24, 2.45) is 0 Å². The zero-order valence-electron chi connectivity index (χ0n) is 15.9. The normalized spacial score (nSPS) is 11.2. The molecule has 7 heteroatoms. The lowest BCUT2D eigenvalue weighted by atomic mass is 10.1. The highest BCUT2D eigenvalue weighted by Crippen LogP contribution is 2.21. The number of nitrogens with one attached hydrogen (secondary N) is 1. The van der Waals surface area contributed by atoms with Gasteiger partial charge in [-0.1, -0.05) is 42.5 Å². The van der Waals surface area contributed by atoms with Crippen molar-refractivity contribution in [1.29, 1.82) is 0 Å². The van der Waals surface area contributed by atoms with E-state index < -0.39 is 10.0 Å². The number of amides is 1. The SMILES string of the molecule is CCOCc1ccc(CNC(=O)CN(c2ccccc2C)S(C)(=O)=O)cc1. The Kier molecular flexibility index (Phi) is 7.38. The van der Waals surface area contributed by atoms with Crippen molar-refractivity contribution in [3.63, 3.8) is 0 Å². The molecule has 2 aromatic rings. The molecule has 2 rings (SSSR count). The number of rotatable bonds is 9. The fourth-order valence-electron chi connectivity index (χ4n) is 2.58. The van der Waals surface area contributed by atoms with Gasteiger partial charge in [-0.25, -0.2) is 8.42 Å². The van der Waals surface area contributed by atoms with Crippen LogP contribution in [0.25, 0.3) is 0 Å².